The predicted octanol–water partition coefficient (Wildman–Crippen LogP) is 0.312. The lowest BCUT2D eigenvalue weighted by molar-refractivity contribution is -0.128. The molecule has 0 radical (unpaired) electrons. The Balaban J connectivity index is 2.62. The summed E-state index contributed by atoms with van der Waals surface area (Å²) in [6.45, 7) is 5.06. The lowest BCUT2D eigenvalue weighted by Gasteiger charge is -2.21. The fraction of sp³-hybridized carbons (Fsp3) is 0.900. The van der Waals surface area contributed by atoms with E-state index in [-0.39, 0.29) is 18.9 Å². The maximum Gasteiger partial charge on any atom is 0.224 e. The molecule has 0 saturated carbocycles. The Bertz CT molecular complexity index is 349. The highest BCUT2D eigenvalue weighted by Crippen LogP contribution is 2.19. The van der Waals surface area contributed by atoms with Crippen molar-refractivity contribution in [2.24, 2.45) is 11.1 Å². The van der Waals surface area contributed by atoms with Crippen LogP contribution in [0.3, 0.4) is 0 Å². The van der Waals surface area contributed by atoms with Crippen LogP contribution in [0.4, 0.5) is 0 Å². The molecular formula is C10H20N2O3S. The van der Waals surface area contributed by atoms with E-state index in [2.05, 4.69) is 13.8 Å². The SMILES string of the molecule is CCC(CC)CN1CC(S(N)(=O)=O)CC1=O. The van der Waals surface area contributed by atoms with Gasteiger partial charge in [0.15, 0.2) is 0 Å². The molecule has 0 aliphatic carbocycles. The minimum Gasteiger partial charge on any atom is -0.341 e. The van der Waals surface area contributed by atoms with Gasteiger partial charge in [0, 0.05) is 19.5 Å². The maximum atomic E-state index is 11.6. The highest BCUT2D eigenvalue weighted by molar-refractivity contribution is 7.89. The summed E-state index contributed by atoms with van der Waals surface area (Å²) < 4.78 is 22.3. The Morgan fingerprint density at radius 1 is 1.44 bits per heavy atom. The third-order valence-corrected chi connectivity index (χ3v) is 4.52. The molecule has 1 rings (SSSR count). The lowest BCUT2D eigenvalue weighted by atomic mass is 10.0. The van der Waals surface area contributed by atoms with Gasteiger partial charge in [-0.05, 0) is 5.92 Å². The molecule has 0 aromatic rings. The standard InChI is InChI=1S/C10H20N2O3S/c1-3-8(4-2)6-12-7-9(5-10(12)13)16(11,14)15/h8-9H,3-7H2,1-2H3,(H2,11,14,15). The van der Waals surface area contributed by atoms with E-state index >= 15 is 0 Å². The average Bonchev–Trinajstić information content (AvgIpc) is 2.56. The van der Waals surface area contributed by atoms with Gasteiger partial charge in [0.2, 0.25) is 15.9 Å². The molecule has 5 nitrogen and oxygen atoms in total. The molecule has 0 spiro atoms. The molecule has 1 heterocycles. The molecule has 1 aliphatic rings. The first-order chi connectivity index (χ1) is 7.38. The first-order valence-electron chi connectivity index (χ1n) is 5.67. The minimum absolute atomic E-state index is 0.0407. The second-order valence-corrected chi connectivity index (χ2v) is 6.24. The molecule has 0 aromatic heterocycles. The van der Waals surface area contributed by atoms with Crippen molar-refractivity contribution in [3.8, 4) is 0 Å². The van der Waals surface area contributed by atoms with Crippen molar-refractivity contribution in [2.75, 3.05) is 13.1 Å². The topological polar surface area (TPSA) is 80.5 Å². The van der Waals surface area contributed by atoms with Crippen molar-refractivity contribution < 1.29 is 13.2 Å². The number of hydrogen-bond acceptors (Lipinski definition) is 3. The Morgan fingerprint density at radius 3 is 2.38 bits per heavy atom. The Kier molecular flexibility index (Phi) is 4.32. The monoisotopic (exact) mass is 248 g/mol. The maximum absolute atomic E-state index is 11.6. The third-order valence-electron chi connectivity index (χ3n) is 3.28. The first-order valence-corrected chi connectivity index (χ1v) is 7.28. The van der Waals surface area contributed by atoms with E-state index in [1.165, 1.54) is 0 Å². The molecular weight excluding hydrogens is 228 g/mol. The van der Waals surface area contributed by atoms with Gasteiger partial charge < -0.3 is 4.90 Å². The van der Waals surface area contributed by atoms with Gasteiger partial charge in [-0.25, -0.2) is 13.6 Å². The number of amides is 1. The number of nitrogens with zero attached hydrogens (tertiary/aromatic N) is 1. The van der Waals surface area contributed by atoms with Gasteiger partial charge in [0.25, 0.3) is 0 Å². The van der Waals surface area contributed by atoms with Crippen LogP contribution in [-0.4, -0.2) is 37.6 Å². The quantitative estimate of drug-likeness (QED) is 0.760. The zero-order valence-electron chi connectivity index (χ0n) is 9.85. The predicted molar refractivity (Wildman–Crippen MR) is 62.2 cm³/mol. The summed E-state index contributed by atoms with van der Waals surface area (Å²) >= 11 is 0. The summed E-state index contributed by atoms with van der Waals surface area (Å²) in [7, 11) is -3.58. The van der Waals surface area contributed by atoms with E-state index in [1.54, 1.807) is 4.90 Å². The van der Waals surface area contributed by atoms with Gasteiger partial charge in [-0.1, -0.05) is 26.7 Å². The van der Waals surface area contributed by atoms with Crippen molar-refractivity contribution in [1.82, 2.24) is 4.90 Å². The van der Waals surface area contributed by atoms with Crippen LogP contribution in [-0.2, 0) is 14.8 Å². The number of carbonyl (C=O) groups is 1. The van der Waals surface area contributed by atoms with E-state index < -0.39 is 15.3 Å². The second-order valence-electron chi connectivity index (χ2n) is 4.40. The molecule has 6 heteroatoms. The smallest absolute Gasteiger partial charge is 0.224 e. The Hall–Kier alpha value is -0.620. The zero-order chi connectivity index (χ0) is 12.3. The van der Waals surface area contributed by atoms with E-state index in [0.29, 0.717) is 12.5 Å². The van der Waals surface area contributed by atoms with Gasteiger partial charge in [-0.15, -0.1) is 0 Å². The van der Waals surface area contributed by atoms with Crippen LogP contribution in [0.25, 0.3) is 0 Å². The number of primary sulfonamides is 1. The van der Waals surface area contributed by atoms with E-state index in [4.69, 9.17) is 5.14 Å². The number of rotatable bonds is 5. The molecule has 1 amide bonds. The van der Waals surface area contributed by atoms with Crippen LogP contribution < -0.4 is 5.14 Å². The molecule has 0 aromatic carbocycles. The van der Waals surface area contributed by atoms with Crippen LogP contribution in [0, 0.1) is 5.92 Å². The van der Waals surface area contributed by atoms with Gasteiger partial charge in [-0.2, -0.15) is 0 Å². The highest BCUT2D eigenvalue weighted by Gasteiger charge is 2.36. The number of likely N-dealkylation sites (tertiary alicyclic amines) is 1. The normalized spacial score (nSPS) is 22.1. The molecule has 0 bridgehead atoms. The largest absolute Gasteiger partial charge is 0.341 e. The van der Waals surface area contributed by atoms with Crippen molar-refractivity contribution in [3.05, 3.63) is 0 Å². The van der Waals surface area contributed by atoms with E-state index in [9.17, 15) is 13.2 Å². The number of nitrogens with two attached hydrogens (primary N) is 1. The average molecular weight is 248 g/mol. The Morgan fingerprint density at radius 2 is 2.00 bits per heavy atom. The number of hydrogen-bond donors (Lipinski definition) is 1. The molecule has 1 unspecified atom stereocenters. The van der Waals surface area contributed by atoms with Crippen LogP contribution in [0.15, 0.2) is 0 Å². The molecule has 1 aliphatic heterocycles. The summed E-state index contributed by atoms with van der Waals surface area (Å²) in [4.78, 5) is 13.2. The summed E-state index contributed by atoms with van der Waals surface area (Å²) in [6, 6.07) is 0. The highest BCUT2D eigenvalue weighted by atomic mass is 32.2. The lowest BCUT2D eigenvalue weighted by Crippen LogP contribution is -2.34. The first kappa shape index (κ1) is 13.4. The fourth-order valence-corrected chi connectivity index (χ4v) is 2.75. The summed E-state index contributed by atoms with van der Waals surface area (Å²) in [5, 5.41) is 4.34. The fourth-order valence-electron chi connectivity index (χ4n) is 1.99. The van der Waals surface area contributed by atoms with Crippen LogP contribution in [0.1, 0.15) is 33.1 Å². The number of carbonyl (C=O) groups excluding carboxylic acids is 1. The molecule has 1 fully saturated rings. The van der Waals surface area contributed by atoms with Crippen molar-refractivity contribution in [1.29, 1.82) is 0 Å². The van der Waals surface area contributed by atoms with Crippen molar-refractivity contribution in [2.45, 2.75) is 38.4 Å². The molecule has 16 heavy (non-hydrogen) atoms. The third kappa shape index (κ3) is 3.18. The minimum atomic E-state index is -3.58. The second kappa shape index (κ2) is 5.14. The Labute approximate surface area is 97.0 Å². The zero-order valence-corrected chi connectivity index (χ0v) is 10.7. The van der Waals surface area contributed by atoms with Crippen LogP contribution >= 0.6 is 0 Å². The summed E-state index contributed by atoms with van der Waals surface area (Å²) in [5.74, 6) is 0.356. The summed E-state index contributed by atoms with van der Waals surface area (Å²) in [6.07, 6.45) is 2.04. The summed E-state index contributed by atoms with van der Waals surface area (Å²) in [5.41, 5.74) is 0. The van der Waals surface area contributed by atoms with Gasteiger partial charge >= 0.3 is 0 Å². The van der Waals surface area contributed by atoms with E-state index in [1.807, 2.05) is 0 Å². The molecule has 1 saturated heterocycles. The van der Waals surface area contributed by atoms with Crippen LogP contribution in [0.2, 0.25) is 0 Å². The van der Waals surface area contributed by atoms with E-state index in [0.717, 1.165) is 12.8 Å². The van der Waals surface area contributed by atoms with Gasteiger partial charge in [0.1, 0.15) is 5.25 Å². The van der Waals surface area contributed by atoms with Gasteiger partial charge in [0.05, 0.1) is 0 Å². The van der Waals surface area contributed by atoms with Crippen molar-refractivity contribution >= 4 is 15.9 Å². The molecule has 2 N–H and O–H groups in total. The molecule has 94 valence electrons. The molecule has 1 atom stereocenters. The van der Waals surface area contributed by atoms with Gasteiger partial charge in [-0.3, -0.25) is 4.79 Å². The number of sulfonamides is 1. The van der Waals surface area contributed by atoms with Crippen molar-refractivity contribution in [3.63, 3.8) is 0 Å². The van der Waals surface area contributed by atoms with Crippen LogP contribution in [0.5, 0.6) is 0 Å².